The van der Waals surface area contributed by atoms with Crippen molar-refractivity contribution >= 4 is 11.7 Å². The van der Waals surface area contributed by atoms with Gasteiger partial charge in [0.15, 0.2) is 5.90 Å². The van der Waals surface area contributed by atoms with Crippen LogP contribution in [0.15, 0.2) is 46.6 Å². The minimum atomic E-state index is 0.102. The summed E-state index contributed by atoms with van der Waals surface area (Å²) < 4.78 is 16.7. The molecule has 0 amide bonds. The number of fused-ring (bicyclic) bond motifs is 2. The first-order valence-electron chi connectivity index (χ1n) is 7.45. The van der Waals surface area contributed by atoms with Gasteiger partial charge in [-0.15, -0.1) is 0 Å². The van der Waals surface area contributed by atoms with Gasteiger partial charge in [0.05, 0.1) is 19.3 Å². The predicted octanol–water partition coefficient (Wildman–Crippen LogP) is 4.13. The first kappa shape index (κ1) is 13.2. The Bertz CT molecular complexity index is 759. The van der Waals surface area contributed by atoms with Crippen molar-refractivity contribution < 1.29 is 13.9 Å². The van der Waals surface area contributed by atoms with Crippen LogP contribution < -0.4 is 4.74 Å². The van der Waals surface area contributed by atoms with Crippen LogP contribution in [0.4, 0.5) is 0 Å². The maximum Gasteiger partial charge on any atom is 0.188 e. The fourth-order valence-electron chi connectivity index (χ4n) is 3.36. The zero-order chi connectivity index (χ0) is 15.1. The standard InChI is InChI=1S/C18H17NO3/c1-20-12-6-4-11-5-7-13-15(16-3-2-8-21-16)10-17(19)22-18(13)14(11)9-12/h2-4,6,8-9,15,19H,5,7,10H2,1H3. The van der Waals surface area contributed by atoms with E-state index < -0.39 is 0 Å². The van der Waals surface area contributed by atoms with E-state index in [1.165, 1.54) is 11.1 Å². The molecule has 2 aromatic rings. The molecular formula is C18H17NO3. The summed E-state index contributed by atoms with van der Waals surface area (Å²) in [6.45, 7) is 0. The second-order valence-electron chi connectivity index (χ2n) is 5.67. The molecule has 1 aliphatic carbocycles. The summed E-state index contributed by atoms with van der Waals surface area (Å²) in [4.78, 5) is 0. The summed E-state index contributed by atoms with van der Waals surface area (Å²) in [5.74, 6) is 2.92. The van der Waals surface area contributed by atoms with Crippen LogP contribution >= 0.6 is 0 Å². The van der Waals surface area contributed by atoms with Crippen molar-refractivity contribution in [2.24, 2.45) is 0 Å². The molecule has 0 fully saturated rings. The summed E-state index contributed by atoms with van der Waals surface area (Å²) in [5.41, 5.74) is 3.51. The monoisotopic (exact) mass is 295 g/mol. The molecule has 0 saturated heterocycles. The summed E-state index contributed by atoms with van der Waals surface area (Å²) in [6.07, 6.45) is 4.17. The normalized spacial score (nSPS) is 20.2. The zero-order valence-corrected chi connectivity index (χ0v) is 12.4. The number of methoxy groups -OCH3 is 1. The number of rotatable bonds is 2. The third-order valence-electron chi connectivity index (χ3n) is 4.44. The highest BCUT2D eigenvalue weighted by atomic mass is 16.5. The van der Waals surface area contributed by atoms with Gasteiger partial charge in [0.2, 0.25) is 0 Å². The largest absolute Gasteiger partial charge is 0.497 e. The first-order chi connectivity index (χ1) is 10.8. The highest BCUT2D eigenvalue weighted by molar-refractivity contribution is 5.87. The van der Waals surface area contributed by atoms with Gasteiger partial charge < -0.3 is 13.9 Å². The van der Waals surface area contributed by atoms with E-state index in [2.05, 4.69) is 6.07 Å². The Morgan fingerprint density at radius 3 is 2.91 bits per heavy atom. The van der Waals surface area contributed by atoms with Gasteiger partial charge in [-0.1, -0.05) is 6.07 Å². The molecule has 1 unspecified atom stereocenters. The molecule has 1 aromatic carbocycles. The lowest BCUT2D eigenvalue weighted by atomic mass is 9.80. The molecule has 4 rings (SSSR count). The van der Waals surface area contributed by atoms with Crippen LogP contribution in [-0.4, -0.2) is 13.0 Å². The minimum Gasteiger partial charge on any atom is -0.497 e. The Kier molecular flexibility index (Phi) is 3.03. The summed E-state index contributed by atoms with van der Waals surface area (Å²) in [6, 6.07) is 9.94. The van der Waals surface area contributed by atoms with Gasteiger partial charge in [-0.2, -0.15) is 0 Å². The molecule has 22 heavy (non-hydrogen) atoms. The van der Waals surface area contributed by atoms with Gasteiger partial charge in [-0.3, -0.25) is 5.41 Å². The van der Waals surface area contributed by atoms with Gasteiger partial charge in [-0.25, -0.2) is 0 Å². The molecule has 1 N–H and O–H groups in total. The van der Waals surface area contributed by atoms with E-state index in [9.17, 15) is 0 Å². The Balaban J connectivity index is 1.86. The van der Waals surface area contributed by atoms with Crippen LogP contribution in [0.3, 0.4) is 0 Å². The molecule has 112 valence electrons. The van der Waals surface area contributed by atoms with Gasteiger partial charge in [0, 0.05) is 12.0 Å². The maximum absolute atomic E-state index is 8.06. The van der Waals surface area contributed by atoms with E-state index in [0.717, 1.165) is 35.7 Å². The highest BCUT2D eigenvalue weighted by Crippen LogP contribution is 2.45. The number of nitrogens with one attached hydrogen (secondary N) is 1. The van der Waals surface area contributed by atoms with Crippen molar-refractivity contribution in [2.45, 2.75) is 25.2 Å². The minimum absolute atomic E-state index is 0.102. The Morgan fingerprint density at radius 2 is 2.14 bits per heavy atom. The molecule has 4 nitrogen and oxygen atoms in total. The lowest BCUT2D eigenvalue weighted by Gasteiger charge is -2.32. The molecular weight excluding hydrogens is 278 g/mol. The smallest absolute Gasteiger partial charge is 0.188 e. The molecule has 2 heterocycles. The van der Waals surface area contributed by atoms with Crippen LogP contribution in [0.5, 0.6) is 5.75 Å². The highest BCUT2D eigenvalue weighted by Gasteiger charge is 2.34. The van der Waals surface area contributed by atoms with E-state index in [-0.39, 0.29) is 11.8 Å². The average Bonchev–Trinajstić information content (AvgIpc) is 3.07. The lowest BCUT2D eigenvalue weighted by Crippen LogP contribution is -2.22. The number of allylic oxidation sites excluding steroid dienone is 1. The zero-order valence-electron chi connectivity index (χ0n) is 12.4. The molecule has 1 aromatic heterocycles. The quantitative estimate of drug-likeness (QED) is 0.906. The number of benzene rings is 1. The molecule has 0 bridgehead atoms. The van der Waals surface area contributed by atoms with Crippen molar-refractivity contribution in [1.29, 1.82) is 5.41 Å². The van der Waals surface area contributed by atoms with Crippen molar-refractivity contribution in [2.75, 3.05) is 7.11 Å². The molecule has 0 spiro atoms. The molecule has 2 aliphatic rings. The SMILES string of the molecule is COc1ccc2c(c1)C1=C(CC2)C(c2ccco2)CC(=N)O1. The Hall–Kier alpha value is -2.49. The van der Waals surface area contributed by atoms with Crippen molar-refractivity contribution in [1.82, 2.24) is 0 Å². The fourth-order valence-corrected chi connectivity index (χ4v) is 3.36. The van der Waals surface area contributed by atoms with Crippen molar-refractivity contribution in [3.63, 3.8) is 0 Å². The van der Waals surface area contributed by atoms with E-state index in [4.69, 9.17) is 19.3 Å². The van der Waals surface area contributed by atoms with E-state index in [1.54, 1.807) is 13.4 Å². The second kappa shape index (κ2) is 5.05. The topological polar surface area (TPSA) is 55.5 Å². The van der Waals surface area contributed by atoms with Crippen LogP contribution in [0.2, 0.25) is 0 Å². The van der Waals surface area contributed by atoms with Crippen molar-refractivity contribution in [3.8, 4) is 5.75 Å². The number of furan rings is 1. The van der Waals surface area contributed by atoms with Crippen molar-refractivity contribution in [3.05, 3.63) is 59.1 Å². The van der Waals surface area contributed by atoms with E-state index >= 15 is 0 Å². The maximum atomic E-state index is 8.06. The van der Waals surface area contributed by atoms with Gasteiger partial charge >= 0.3 is 0 Å². The van der Waals surface area contributed by atoms with E-state index in [1.807, 2.05) is 24.3 Å². The van der Waals surface area contributed by atoms with Gasteiger partial charge in [-0.05, 0) is 48.2 Å². The third kappa shape index (κ3) is 2.03. The van der Waals surface area contributed by atoms with Crippen LogP contribution in [0, 0.1) is 5.41 Å². The molecule has 0 radical (unpaired) electrons. The van der Waals surface area contributed by atoms with Gasteiger partial charge in [0.1, 0.15) is 17.3 Å². The first-order valence-corrected chi connectivity index (χ1v) is 7.45. The van der Waals surface area contributed by atoms with Crippen LogP contribution in [0.1, 0.15) is 35.6 Å². The summed E-state index contributed by atoms with van der Waals surface area (Å²) >= 11 is 0. The molecule has 0 saturated carbocycles. The number of hydrogen-bond donors (Lipinski definition) is 1. The van der Waals surface area contributed by atoms with E-state index in [0.29, 0.717) is 6.42 Å². The predicted molar refractivity (Wildman–Crippen MR) is 83.1 cm³/mol. The molecule has 1 aliphatic heterocycles. The summed E-state index contributed by atoms with van der Waals surface area (Å²) in [5, 5.41) is 8.06. The number of aryl methyl sites for hydroxylation is 1. The Labute approximate surface area is 128 Å². The third-order valence-corrected chi connectivity index (χ3v) is 4.44. The van der Waals surface area contributed by atoms with Crippen LogP contribution in [-0.2, 0) is 11.2 Å². The molecule has 4 heteroatoms. The lowest BCUT2D eigenvalue weighted by molar-refractivity contribution is 0.403. The van der Waals surface area contributed by atoms with Gasteiger partial charge in [0.25, 0.3) is 0 Å². The average molecular weight is 295 g/mol. The molecule has 1 atom stereocenters. The Morgan fingerprint density at radius 1 is 1.23 bits per heavy atom. The fraction of sp³-hybridized carbons (Fsp3) is 0.278. The number of hydrogen-bond acceptors (Lipinski definition) is 4. The number of ether oxygens (including phenoxy) is 2. The van der Waals surface area contributed by atoms with Crippen LogP contribution in [0.25, 0.3) is 5.76 Å². The second-order valence-corrected chi connectivity index (χ2v) is 5.67. The summed E-state index contributed by atoms with van der Waals surface area (Å²) in [7, 11) is 1.66.